The molecule has 0 fully saturated rings. The van der Waals surface area contributed by atoms with Gasteiger partial charge in [-0.2, -0.15) is 5.26 Å². The summed E-state index contributed by atoms with van der Waals surface area (Å²) >= 11 is 0. The van der Waals surface area contributed by atoms with Crippen LogP contribution in [0.4, 0.5) is 0 Å². The number of nitriles is 1. The number of hydrogen-bond acceptors (Lipinski definition) is 5. The Balaban J connectivity index is 2.70. The van der Waals surface area contributed by atoms with E-state index < -0.39 is 18.1 Å². The molecule has 108 valence electrons. The Kier molecular flexibility index (Phi) is 5.68. The van der Waals surface area contributed by atoms with E-state index in [-0.39, 0.29) is 5.54 Å². The van der Waals surface area contributed by atoms with Gasteiger partial charge in [-0.15, -0.1) is 0 Å². The standard InChI is InChI=1S/C15H21N3O2/c1-11(10-16)13(17-18-15(2,3)4)20-14(19)12-8-6-5-7-9-12/h5-9,11,13,17-18H,1-4H3. The molecule has 0 aliphatic rings. The van der Waals surface area contributed by atoms with Crippen LogP contribution in [0.25, 0.3) is 0 Å². The molecular formula is C15H21N3O2. The Hall–Kier alpha value is -1.90. The number of esters is 1. The molecule has 5 nitrogen and oxygen atoms in total. The lowest BCUT2D eigenvalue weighted by Crippen LogP contribution is -2.53. The van der Waals surface area contributed by atoms with Crippen molar-refractivity contribution in [1.82, 2.24) is 10.9 Å². The molecule has 0 saturated carbocycles. The molecule has 1 aromatic carbocycles. The van der Waals surface area contributed by atoms with Gasteiger partial charge >= 0.3 is 5.97 Å². The first-order chi connectivity index (χ1) is 9.33. The Bertz CT molecular complexity index is 474. The molecule has 0 heterocycles. The zero-order valence-corrected chi connectivity index (χ0v) is 12.3. The Labute approximate surface area is 119 Å². The molecule has 2 atom stereocenters. The molecule has 2 N–H and O–H groups in total. The van der Waals surface area contributed by atoms with Gasteiger partial charge in [0.15, 0.2) is 6.23 Å². The molecule has 0 aliphatic carbocycles. The van der Waals surface area contributed by atoms with Gasteiger partial charge in [-0.05, 0) is 39.8 Å². The molecule has 0 saturated heterocycles. The van der Waals surface area contributed by atoms with Crippen LogP contribution in [0.5, 0.6) is 0 Å². The van der Waals surface area contributed by atoms with E-state index in [1.165, 1.54) is 0 Å². The number of hydrogen-bond donors (Lipinski definition) is 2. The Morgan fingerprint density at radius 3 is 2.40 bits per heavy atom. The van der Waals surface area contributed by atoms with Gasteiger partial charge in [-0.1, -0.05) is 18.2 Å². The summed E-state index contributed by atoms with van der Waals surface area (Å²) in [5.74, 6) is -0.932. The lowest BCUT2D eigenvalue weighted by molar-refractivity contribution is 0.00293. The smallest absolute Gasteiger partial charge is 0.339 e. The van der Waals surface area contributed by atoms with E-state index in [9.17, 15) is 4.79 Å². The van der Waals surface area contributed by atoms with Crippen molar-refractivity contribution < 1.29 is 9.53 Å². The maximum absolute atomic E-state index is 12.0. The molecule has 1 aromatic rings. The summed E-state index contributed by atoms with van der Waals surface area (Å²) in [5, 5.41) is 9.01. The summed E-state index contributed by atoms with van der Waals surface area (Å²) < 4.78 is 5.35. The maximum Gasteiger partial charge on any atom is 0.339 e. The first-order valence-electron chi connectivity index (χ1n) is 6.52. The Morgan fingerprint density at radius 1 is 1.30 bits per heavy atom. The number of ether oxygens (including phenoxy) is 1. The van der Waals surface area contributed by atoms with Gasteiger partial charge in [0.05, 0.1) is 17.6 Å². The summed E-state index contributed by atoms with van der Waals surface area (Å²) in [6.07, 6.45) is -0.716. The number of carbonyl (C=O) groups excluding carboxylic acids is 1. The average molecular weight is 275 g/mol. The van der Waals surface area contributed by atoms with Gasteiger partial charge in [-0.3, -0.25) is 0 Å². The number of nitrogens with one attached hydrogen (secondary N) is 2. The van der Waals surface area contributed by atoms with Crippen molar-refractivity contribution >= 4 is 5.97 Å². The molecule has 0 aliphatic heterocycles. The molecule has 5 heteroatoms. The van der Waals surface area contributed by atoms with Gasteiger partial charge in [0.2, 0.25) is 0 Å². The van der Waals surface area contributed by atoms with Crippen LogP contribution in [-0.2, 0) is 4.74 Å². The largest absolute Gasteiger partial charge is 0.440 e. The van der Waals surface area contributed by atoms with Crippen molar-refractivity contribution in [3.05, 3.63) is 35.9 Å². The first kappa shape index (κ1) is 16.2. The summed E-state index contributed by atoms with van der Waals surface area (Å²) in [6, 6.07) is 10.8. The van der Waals surface area contributed by atoms with E-state index in [0.29, 0.717) is 5.56 Å². The fraction of sp³-hybridized carbons (Fsp3) is 0.467. The summed E-state index contributed by atoms with van der Waals surface area (Å²) in [4.78, 5) is 12.0. The molecule has 0 spiro atoms. The van der Waals surface area contributed by atoms with Gasteiger partial charge < -0.3 is 4.74 Å². The van der Waals surface area contributed by atoms with Crippen LogP contribution in [0.1, 0.15) is 38.1 Å². The SMILES string of the molecule is CC(C#N)C(NNC(C)(C)C)OC(=O)c1ccccc1. The van der Waals surface area contributed by atoms with E-state index in [4.69, 9.17) is 10.00 Å². The predicted molar refractivity (Wildman–Crippen MR) is 76.4 cm³/mol. The normalized spacial score (nSPS) is 14.2. The van der Waals surface area contributed by atoms with Crippen molar-refractivity contribution in [3.63, 3.8) is 0 Å². The zero-order valence-electron chi connectivity index (χ0n) is 12.3. The molecule has 0 amide bonds. The number of hydrazine groups is 1. The molecule has 0 bridgehead atoms. The predicted octanol–water partition coefficient (Wildman–Crippen LogP) is 2.22. The van der Waals surface area contributed by atoms with Gasteiger partial charge in [0.1, 0.15) is 0 Å². The van der Waals surface area contributed by atoms with Crippen LogP contribution in [0.3, 0.4) is 0 Å². The Morgan fingerprint density at radius 2 is 1.90 bits per heavy atom. The quantitative estimate of drug-likeness (QED) is 0.489. The molecule has 0 aromatic heterocycles. The maximum atomic E-state index is 12.0. The monoisotopic (exact) mass is 275 g/mol. The molecule has 0 radical (unpaired) electrons. The molecule has 20 heavy (non-hydrogen) atoms. The highest BCUT2D eigenvalue weighted by atomic mass is 16.6. The van der Waals surface area contributed by atoms with Gasteiger partial charge in [0.25, 0.3) is 0 Å². The highest BCUT2D eigenvalue weighted by Gasteiger charge is 2.23. The lowest BCUT2D eigenvalue weighted by atomic mass is 10.1. The van der Waals surface area contributed by atoms with Crippen molar-refractivity contribution in [2.24, 2.45) is 5.92 Å². The number of carbonyl (C=O) groups is 1. The van der Waals surface area contributed by atoms with E-state index in [1.807, 2.05) is 26.8 Å². The second kappa shape index (κ2) is 7.04. The van der Waals surface area contributed by atoms with E-state index in [0.717, 1.165) is 0 Å². The average Bonchev–Trinajstić information content (AvgIpc) is 2.42. The van der Waals surface area contributed by atoms with Crippen LogP contribution < -0.4 is 10.9 Å². The minimum absolute atomic E-state index is 0.202. The van der Waals surface area contributed by atoms with Gasteiger partial charge in [0, 0.05) is 5.54 Å². The second-order valence-corrected chi connectivity index (χ2v) is 5.63. The first-order valence-corrected chi connectivity index (χ1v) is 6.52. The van der Waals surface area contributed by atoms with Gasteiger partial charge in [-0.25, -0.2) is 15.6 Å². The molecule has 2 unspecified atom stereocenters. The fourth-order valence-corrected chi connectivity index (χ4v) is 1.37. The fourth-order valence-electron chi connectivity index (χ4n) is 1.37. The third-order valence-electron chi connectivity index (χ3n) is 2.49. The van der Waals surface area contributed by atoms with Crippen LogP contribution in [0.2, 0.25) is 0 Å². The number of benzene rings is 1. The summed E-state index contributed by atoms with van der Waals surface area (Å²) in [6.45, 7) is 7.59. The molecular weight excluding hydrogens is 254 g/mol. The molecule has 1 rings (SSSR count). The highest BCUT2D eigenvalue weighted by Crippen LogP contribution is 2.09. The lowest BCUT2D eigenvalue weighted by Gasteiger charge is -2.27. The second-order valence-electron chi connectivity index (χ2n) is 5.63. The third-order valence-corrected chi connectivity index (χ3v) is 2.49. The number of nitrogens with zero attached hydrogens (tertiary/aromatic N) is 1. The number of rotatable bonds is 5. The van der Waals surface area contributed by atoms with Crippen molar-refractivity contribution in [1.29, 1.82) is 5.26 Å². The summed E-state index contributed by atoms with van der Waals surface area (Å²) in [7, 11) is 0. The van der Waals surface area contributed by atoms with Crippen molar-refractivity contribution in [3.8, 4) is 6.07 Å². The minimum Gasteiger partial charge on any atom is -0.440 e. The van der Waals surface area contributed by atoms with E-state index in [2.05, 4.69) is 16.9 Å². The van der Waals surface area contributed by atoms with E-state index in [1.54, 1.807) is 31.2 Å². The zero-order chi connectivity index (χ0) is 15.2. The van der Waals surface area contributed by atoms with Crippen LogP contribution in [0.15, 0.2) is 30.3 Å². The van der Waals surface area contributed by atoms with Crippen LogP contribution in [0, 0.1) is 17.2 Å². The highest BCUT2D eigenvalue weighted by molar-refractivity contribution is 5.89. The van der Waals surface area contributed by atoms with E-state index >= 15 is 0 Å². The topological polar surface area (TPSA) is 74.2 Å². The van der Waals surface area contributed by atoms with Crippen molar-refractivity contribution in [2.75, 3.05) is 0 Å². The van der Waals surface area contributed by atoms with Crippen LogP contribution in [-0.4, -0.2) is 17.7 Å². The minimum atomic E-state index is -0.716. The van der Waals surface area contributed by atoms with Crippen LogP contribution >= 0.6 is 0 Å². The van der Waals surface area contributed by atoms with Crippen molar-refractivity contribution in [2.45, 2.75) is 39.5 Å². The third kappa shape index (κ3) is 5.39. The summed E-state index contributed by atoms with van der Waals surface area (Å²) in [5.41, 5.74) is 6.17.